The highest BCUT2D eigenvalue weighted by Gasteiger charge is 2.42. The van der Waals surface area contributed by atoms with Gasteiger partial charge in [0.15, 0.2) is 6.61 Å². The van der Waals surface area contributed by atoms with Crippen molar-refractivity contribution in [2.24, 2.45) is 5.92 Å². The van der Waals surface area contributed by atoms with Gasteiger partial charge in [0.25, 0.3) is 11.1 Å². The number of imide groups is 1. The summed E-state index contributed by atoms with van der Waals surface area (Å²) < 4.78 is 15.2. The van der Waals surface area contributed by atoms with Crippen LogP contribution in [0.15, 0.2) is 22.5 Å². The number of nitrogens with one attached hydrogen (secondary N) is 2. The third kappa shape index (κ3) is 6.37. The average Bonchev–Trinajstić information content (AvgIpc) is 3.09. The number of hydrogen-bond acceptors (Lipinski definition) is 11. The number of ether oxygens (including phenoxy) is 3. The van der Waals surface area contributed by atoms with Crippen molar-refractivity contribution in [3.8, 4) is 0 Å². The van der Waals surface area contributed by atoms with Crippen molar-refractivity contribution in [3.63, 3.8) is 0 Å². The molecule has 186 valence electrons. The summed E-state index contributed by atoms with van der Waals surface area (Å²) in [6.45, 7) is 5.62. The van der Waals surface area contributed by atoms with E-state index in [1.807, 2.05) is 0 Å². The normalized spacial score (nSPS) is 16.4. The Hall–Kier alpha value is -3.35. The van der Waals surface area contributed by atoms with Crippen molar-refractivity contribution in [3.05, 3.63) is 22.5 Å². The van der Waals surface area contributed by atoms with E-state index in [1.165, 1.54) is 0 Å². The lowest BCUT2D eigenvalue weighted by Gasteiger charge is -2.28. The summed E-state index contributed by atoms with van der Waals surface area (Å²) in [7, 11) is 0. The zero-order valence-electron chi connectivity index (χ0n) is 19.3. The van der Waals surface area contributed by atoms with Gasteiger partial charge >= 0.3 is 17.9 Å². The minimum absolute atomic E-state index is 0.0114. The fourth-order valence-electron chi connectivity index (χ4n) is 3.36. The van der Waals surface area contributed by atoms with Crippen molar-refractivity contribution >= 4 is 46.7 Å². The van der Waals surface area contributed by atoms with E-state index >= 15 is 0 Å². The van der Waals surface area contributed by atoms with Gasteiger partial charge in [-0.05, 0) is 27.7 Å². The number of esters is 3. The fourth-order valence-corrected chi connectivity index (χ4v) is 4.12. The summed E-state index contributed by atoms with van der Waals surface area (Å²) in [5.74, 6) is -5.06. The Bertz CT molecular complexity index is 901. The quantitative estimate of drug-likeness (QED) is 0.314. The molecule has 12 nitrogen and oxygen atoms in total. The Labute approximate surface area is 200 Å². The van der Waals surface area contributed by atoms with Crippen LogP contribution in [-0.4, -0.2) is 78.5 Å². The number of hydrogen-bond donors (Lipinski definition) is 2. The lowest BCUT2D eigenvalue weighted by Crippen LogP contribution is -2.41. The molecule has 0 aromatic carbocycles. The van der Waals surface area contributed by atoms with E-state index in [0.29, 0.717) is 11.4 Å². The molecule has 0 bridgehead atoms. The van der Waals surface area contributed by atoms with Gasteiger partial charge in [-0.2, -0.15) is 0 Å². The van der Waals surface area contributed by atoms with Crippen molar-refractivity contribution in [1.29, 1.82) is 0 Å². The molecule has 3 amide bonds. The van der Waals surface area contributed by atoms with Gasteiger partial charge in [-0.25, -0.2) is 9.59 Å². The van der Waals surface area contributed by atoms with Crippen LogP contribution in [0, 0.1) is 5.92 Å². The average molecular weight is 498 g/mol. The molecule has 0 unspecified atom stereocenters. The maximum atomic E-state index is 13.0. The molecule has 2 N–H and O–H groups in total. The predicted molar refractivity (Wildman–Crippen MR) is 119 cm³/mol. The highest BCUT2D eigenvalue weighted by molar-refractivity contribution is 8.14. The molecule has 0 aromatic heterocycles. The molecule has 2 aliphatic heterocycles. The summed E-state index contributed by atoms with van der Waals surface area (Å²) in [5.41, 5.74) is 0.357. The second kappa shape index (κ2) is 12.2. The first-order valence-electron chi connectivity index (χ1n) is 10.6. The monoisotopic (exact) mass is 497 g/mol. The first kappa shape index (κ1) is 26.9. The number of dihydropyridines is 1. The zero-order chi connectivity index (χ0) is 25.4. The van der Waals surface area contributed by atoms with Crippen LogP contribution >= 0.6 is 11.8 Å². The highest BCUT2D eigenvalue weighted by Crippen LogP contribution is 2.32. The molecule has 1 saturated heterocycles. The molecule has 2 aliphatic rings. The second-order valence-electron chi connectivity index (χ2n) is 7.13. The minimum Gasteiger partial charge on any atom is -0.463 e. The lowest BCUT2D eigenvalue weighted by molar-refractivity contribution is -0.154. The van der Waals surface area contributed by atoms with Gasteiger partial charge in [-0.3, -0.25) is 24.1 Å². The van der Waals surface area contributed by atoms with Gasteiger partial charge in [0, 0.05) is 24.5 Å². The molecule has 2 heterocycles. The summed E-state index contributed by atoms with van der Waals surface area (Å²) in [4.78, 5) is 74.4. The maximum absolute atomic E-state index is 13.0. The first-order valence-corrected chi connectivity index (χ1v) is 11.5. The Morgan fingerprint density at radius 3 is 2.03 bits per heavy atom. The molecule has 0 saturated carbocycles. The van der Waals surface area contributed by atoms with Gasteiger partial charge in [0.1, 0.15) is 5.92 Å². The van der Waals surface area contributed by atoms with E-state index in [-0.39, 0.29) is 54.3 Å². The number of allylic oxidation sites excluding steroid dienone is 2. The summed E-state index contributed by atoms with van der Waals surface area (Å²) in [5, 5.41) is 4.93. The smallest absolute Gasteiger partial charge is 0.337 e. The van der Waals surface area contributed by atoms with Crippen molar-refractivity contribution < 1.29 is 43.0 Å². The maximum Gasteiger partial charge on any atom is 0.337 e. The van der Waals surface area contributed by atoms with E-state index in [1.54, 1.807) is 27.7 Å². The van der Waals surface area contributed by atoms with Gasteiger partial charge in [0.2, 0.25) is 5.91 Å². The van der Waals surface area contributed by atoms with Crippen LogP contribution < -0.4 is 10.6 Å². The second-order valence-corrected chi connectivity index (χ2v) is 8.06. The van der Waals surface area contributed by atoms with Crippen molar-refractivity contribution in [2.45, 2.75) is 27.7 Å². The molecular formula is C21H27N3O9S. The number of carbonyl (C=O) groups is 6. The molecule has 0 spiro atoms. The van der Waals surface area contributed by atoms with Crippen LogP contribution in [0.3, 0.4) is 0 Å². The fraction of sp³-hybridized carbons (Fsp3) is 0.524. The molecule has 0 aromatic rings. The number of thioether (sulfide) groups is 1. The number of amides is 3. The van der Waals surface area contributed by atoms with E-state index < -0.39 is 36.3 Å². The van der Waals surface area contributed by atoms with Crippen LogP contribution in [0.2, 0.25) is 0 Å². The molecular weight excluding hydrogens is 470 g/mol. The van der Waals surface area contributed by atoms with Gasteiger partial charge in [-0.1, -0.05) is 11.8 Å². The van der Waals surface area contributed by atoms with Crippen LogP contribution in [-0.2, 0) is 38.2 Å². The Morgan fingerprint density at radius 2 is 1.56 bits per heavy atom. The zero-order valence-corrected chi connectivity index (χ0v) is 20.2. The lowest BCUT2D eigenvalue weighted by atomic mass is 9.85. The molecule has 13 heteroatoms. The number of nitrogens with zero attached hydrogens (tertiary/aromatic N) is 1. The molecule has 1 fully saturated rings. The van der Waals surface area contributed by atoms with Gasteiger partial charge in [-0.15, -0.1) is 0 Å². The minimum atomic E-state index is -1.45. The van der Waals surface area contributed by atoms with Crippen molar-refractivity contribution in [1.82, 2.24) is 15.5 Å². The largest absolute Gasteiger partial charge is 0.463 e. The Kier molecular flexibility index (Phi) is 9.66. The first-order chi connectivity index (χ1) is 16.1. The van der Waals surface area contributed by atoms with Crippen LogP contribution in [0.4, 0.5) is 4.79 Å². The SMILES string of the molecule is CCOC(=O)C1=C(C)NC(C)=C(C(=O)OCC)C1C(=O)OCC(=O)NCCN1C(=O)CSC1=O. The Balaban J connectivity index is 2.09. The van der Waals surface area contributed by atoms with E-state index in [9.17, 15) is 28.8 Å². The third-order valence-electron chi connectivity index (χ3n) is 4.83. The number of rotatable bonds is 10. The summed E-state index contributed by atoms with van der Waals surface area (Å²) in [6, 6.07) is 0. The van der Waals surface area contributed by atoms with Crippen LogP contribution in [0.1, 0.15) is 27.7 Å². The van der Waals surface area contributed by atoms with Crippen LogP contribution in [0.5, 0.6) is 0 Å². The molecule has 34 heavy (non-hydrogen) atoms. The highest BCUT2D eigenvalue weighted by atomic mass is 32.2. The molecule has 0 atom stereocenters. The van der Waals surface area contributed by atoms with E-state index in [0.717, 1.165) is 16.7 Å². The Morgan fingerprint density at radius 1 is 1.00 bits per heavy atom. The summed E-state index contributed by atoms with van der Waals surface area (Å²) >= 11 is 0.880. The molecule has 2 rings (SSSR count). The summed E-state index contributed by atoms with van der Waals surface area (Å²) in [6.07, 6.45) is 0. The molecule has 0 aliphatic carbocycles. The topological polar surface area (TPSA) is 157 Å². The predicted octanol–water partition coefficient (Wildman–Crippen LogP) is 0.235. The third-order valence-corrected chi connectivity index (χ3v) is 5.69. The number of carbonyl (C=O) groups excluding carboxylic acids is 6. The van der Waals surface area contributed by atoms with Crippen LogP contribution in [0.25, 0.3) is 0 Å². The molecule has 0 radical (unpaired) electrons. The van der Waals surface area contributed by atoms with E-state index in [2.05, 4.69) is 10.6 Å². The van der Waals surface area contributed by atoms with Crippen molar-refractivity contribution in [2.75, 3.05) is 38.7 Å². The van der Waals surface area contributed by atoms with E-state index in [4.69, 9.17) is 14.2 Å². The van der Waals surface area contributed by atoms with Gasteiger partial charge in [0.05, 0.1) is 30.1 Å². The van der Waals surface area contributed by atoms with Gasteiger partial charge < -0.3 is 24.8 Å². The standard InChI is InChI=1S/C21H27N3O9S/c1-5-31-18(27)15-11(3)23-12(4)16(19(28)32-6-2)17(15)20(29)33-9-13(25)22-7-8-24-14(26)10-34-21(24)30/h17,23H,5-10H2,1-4H3,(H,22,25).